The van der Waals surface area contributed by atoms with Crippen molar-refractivity contribution in [2.45, 2.75) is 44.9 Å². The Kier molecular flexibility index (Phi) is 10.7. The Morgan fingerprint density at radius 1 is 0.911 bits per heavy atom. The van der Waals surface area contributed by atoms with Gasteiger partial charge in [0.1, 0.15) is 11.5 Å². The zero-order valence-electron chi connectivity index (χ0n) is 25.1. The Hall–Kier alpha value is -5.06. The van der Waals surface area contributed by atoms with E-state index in [1.54, 1.807) is 42.5 Å². The van der Waals surface area contributed by atoms with E-state index >= 15 is 0 Å². The molecule has 0 aliphatic rings. The lowest BCUT2D eigenvalue weighted by atomic mass is 9.94. The minimum absolute atomic E-state index is 0.211. The summed E-state index contributed by atoms with van der Waals surface area (Å²) in [5.74, 6) is -2.58. The number of carboxylic acids is 1. The smallest absolute Gasteiger partial charge is 0.337 e. The number of esters is 1. The summed E-state index contributed by atoms with van der Waals surface area (Å²) in [4.78, 5) is 37.1. The van der Waals surface area contributed by atoms with Crippen molar-refractivity contribution in [2.75, 3.05) is 12.4 Å². The second kappa shape index (κ2) is 14.6. The normalized spacial score (nSPS) is 12.7. The number of aromatic nitrogens is 1. The molecule has 0 unspecified atom stereocenters. The van der Waals surface area contributed by atoms with E-state index in [1.807, 2.05) is 48.7 Å². The maximum atomic E-state index is 14.2. The molecule has 9 nitrogen and oxygen atoms in total. The maximum Gasteiger partial charge on any atom is 0.337 e. The van der Waals surface area contributed by atoms with E-state index in [0.29, 0.717) is 39.3 Å². The van der Waals surface area contributed by atoms with Crippen LogP contribution >= 0.6 is 0 Å². The molecule has 45 heavy (non-hydrogen) atoms. The SMILES string of the molecule is COC(=O)c1ccc(NC(=O)c2c(-c3ccccc3)c(-c3ccc(F)cc3)c(C=C[C@@H](O)C[C@@H](O)CC(=O)O)n2C(C)C)cc1. The van der Waals surface area contributed by atoms with Crippen LogP contribution in [-0.2, 0) is 9.53 Å². The number of aliphatic hydroxyl groups excluding tert-OH is 2. The van der Waals surface area contributed by atoms with E-state index in [2.05, 4.69) is 5.32 Å². The van der Waals surface area contributed by atoms with Crippen molar-refractivity contribution >= 4 is 29.6 Å². The highest BCUT2D eigenvalue weighted by molar-refractivity contribution is 6.12. The number of carboxylic acid groups (broad SMARTS) is 1. The van der Waals surface area contributed by atoms with Gasteiger partial charge < -0.3 is 29.9 Å². The van der Waals surface area contributed by atoms with Gasteiger partial charge in [0, 0.05) is 35.0 Å². The molecule has 0 bridgehead atoms. The molecule has 234 valence electrons. The van der Waals surface area contributed by atoms with Crippen LogP contribution in [0, 0.1) is 5.82 Å². The minimum Gasteiger partial charge on any atom is -0.481 e. The monoisotopic (exact) mass is 614 g/mol. The van der Waals surface area contributed by atoms with E-state index in [1.165, 1.54) is 25.3 Å². The number of rotatable bonds is 12. The summed E-state index contributed by atoms with van der Waals surface area (Å²) in [5, 5.41) is 32.7. The highest BCUT2D eigenvalue weighted by atomic mass is 19.1. The number of nitrogens with one attached hydrogen (secondary N) is 1. The second-order valence-corrected chi connectivity index (χ2v) is 10.8. The third kappa shape index (κ3) is 7.91. The zero-order chi connectivity index (χ0) is 32.7. The molecule has 0 saturated carbocycles. The van der Waals surface area contributed by atoms with E-state index in [4.69, 9.17) is 9.84 Å². The summed E-state index contributed by atoms with van der Waals surface area (Å²) in [6.45, 7) is 3.80. The largest absolute Gasteiger partial charge is 0.481 e. The van der Waals surface area contributed by atoms with Crippen molar-refractivity contribution in [1.82, 2.24) is 4.57 Å². The summed E-state index contributed by atoms with van der Waals surface area (Å²) < 4.78 is 20.6. The number of nitrogens with zero attached hydrogens (tertiary/aromatic N) is 1. The molecule has 0 saturated heterocycles. The molecule has 4 aromatic rings. The van der Waals surface area contributed by atoms with Gasteiger partial charge in [0.15, 0.2) is 0 Å². The number of carbonyl (C=O) groups excluding carboxylic acids is 2. The predicted octanol–water partition coefficient (Wildman–Crippen LogP) is 6.18. The van der Waals surface area contributed by atoms with Gasteiger partial charge in [-0.05, 0) is 67.4 Å². The van der Waals surface area contributed by atoms with E-state index in [0.717, 1.165) is 5.56 Å². The van der Waals surface area contributed by atoms with Gasteiger partial charge in [-0.2, -0.15) is 0 Å². The van der Waals surface area contributed by atoms with Gasteiger partial charge in [0.2, 0.25) is 0 Å². The quantitative estimate of drug-likeness (QED) is 0.140. The lowest BCUT2D eigenvalue weighted by Gasteiger charge is -2.17. The Morgan fingerprint density at radius 3 is 2.11 bits per heavy atom. The predicted molar refractivity (Wildman–Crippen MR) is 169 cm³/mol. The number of benzene rings is 3. The minimum atomic E-state index is -1.26. The Labute approximate surface area is 260 Å². The van der Waals surface area contributed by atoms with Crippen molar-refractivity contribution in [3.05, 3.63) is 108 Å². The lowest BCUT2D eigenvalue weighted by Crippen LogP contribution is -2.20. The topological polar surface area (TPSA) is 138 Å². The van der Waals surface area contributed by atoms with Gasteiger partial charge in [-0.1, -0.05) is 48.5 Å². The van der Waals surface area contributed by atoms with Crippen molar-refractivity contribution in [3.8, 4) is 22.3 Å². The molecule has 10 heteroatoms. The first-order valence-electron chi connectivity index (χ1n) is 14.4. The summed E-state index contributed by atoms with van der Waals surface area (Å²) in [5.41, 5.74) is 4.10. The van der Waals surface area contributed by atoms with Gasteiger partial charge in [-0.3, -0.25) is 9.59 Å². The van der Waals surface area contributed by atoms with Crippen LogP contribution in [0.5, 0.6) is 0 Å². The number of aliphatic hydroxyl groups is 2. The first-order valence-corrected chi connectivity index (χ1v) is 14.4. The number of carbonyl (C=O) groups is 3. The van der Waals surface area contributed by atoms with Crippen molar-refractivity contribution < 1.29 is 38.8 Å². The van der Waals surface area contributed by atoms with Gasteiger partial charge in [-0.15, -0.1) is 0 Å². The number of amides is 1. The van der Waals surface area contributed by atoms with E-state index in [9.17, 15) is 29.0 Å². The van der Waals surface area contributed by atoms with E-state index < -0.39 is 42.3 Å². The van der Waals surface area contributed by atoms with Crippen LogP contribution in [0.2, 0.25) is 0 Å². The van der Waals surface area contributed by atoms with E-state index in [-0.39, 0.29) is 12.5 Å². The molecule has 1 heterocycles. The van der Waals surface area contributed by atoms with Crippen molar-refractivity contribution in [3.63, 3.8) is 0 Å². The van der Waals surface area contributed by atoms with Crippen molar-refractivity contribution in [2.24, 2.45) is 0 Å². The third-order valence-electron chi connectivity index (χ3n) is 7.13. The van der Waals surface area contributed by atoms with Crippen LogP contribution in [-0.4, -0.2) is 57.1 Å². The number of hydrogen-bond acceptors (Lipinski definition) is 6. The van der Waals surface area contributed by atoms with Crippen LogP contribution in [0.4, 0.5) is 10.1 Å². The maximum absolute atomic E-state index is 14.2. The van der Waals surface area contributed by atoms with Gasteiger partial charge >= 0.3 is 11.9 Å². The zero-order valence-corrected chi connectivity index (χ0v) is 25.1. The van der Waals surface area contributed by atoms with Crippen molar-refractivity contribution in [1.29, 1.82) is 0 Å². The number of methoxy groups -OCH3 is 1. The molecule has 2 atom stereocenters. The first-order chi connectivity index (χ1) is 21.5. The molecule has 0 aliphatic carbocycles. The Balaban J connectivity index is 1.92. The summed E-state index contributed by atoms with van der Waals surface area (Å²) in [6.07, 6.45) is -0.113. The van der Waals surface area contributed by atoms with Crippen LogP contribution in [0.3, 0.4) is 0 Å². The third-order valence-corrected chi connectivity index (χ3v) is 7.13. The summed E-state index contributed by atoms with van der Waals surface area (Å²) in [7, 11) is 1.28. The molecule has 1 amide bonds. The Bertz CT molecular complexity index is 1680. The first kappa shape index (κ1) is 32.8. The van der Waals surface area contributed by atoms with Gasteiger partial charge in [0.05, 0.1) is 31.3 Å². The Morgan fingerprint density at radius 2 is 1.53 bits per heavy atom. The molecule has 4 N–H and O–H groups in total. The number of anilines is 1. The fourth-order valence-electron chi connectivity index (χ4n) is 5.17. The average molecular weight is 615 g/mol. The average Bonchev–Trinajstić information content (AvgIpc) is 3.36. The highest BCUT2D eigenvalue weighted by Crippen LogP contribution is 2.43. The standard InChI is InChI=1S/C35H35FN2O7/c1-21(2)38-29(18-17-27(39)19-28(40)20-30(41)42)31(23-9-13-25(36)14-10-23)32(22-7-5-4-6-8-22)33(38)34(43)37-26-15-11-24(12-16-26)35(44)45-3/h4-18,21,27-28,39-40H,19-20H2,1-3H3,(H,37,43)(H,41,42)/t27-,28-/m1/s1. The summed E-state index contributed by atoms with van der Waals surface area (Å²) >= 11 is 0. The van der Waals surface area contributed by atoms with Crippen LogP contribution in [0.15, 0.2) is 84.9 Å². The molecular weight excluding hydrogens is 579 g/mol. The summed E-state index contributed by atoms with van der Waals surface area (Å²) in [6, 6.07) is 21.1. The number of halogens is 1. The van der Waals surface area contributed by atoms with Gasteiger partial charge in [0.25, 0.3) is 5.91 Å². The van der Waals surface area contributed by atoms with Crippen LogP contribution < -0.4 is 5.32 Å². The highest BCUT2D eigenvalue weighted by Gasteiger charge is 2.29. The molecule has 1 aromatic heterocycles. The number of aliphatic carboxylic acids is 1. The molecular formula is C35H35FN2O7. The number of ether oxygens (including phenoxy) is 1. The molecule has 0 spiro atoms. The van der Waals surface area contributed by atoms with Crippen LogP contribution in [0.1, 0.15) is 59.3 Å². The lowest BCUT2D eigenvalue weighted by molar-refractivity contribution is -0.139. The molecule has 3 aromatic carbocycles. The van der Waals surface area contributed by atoms with Crippen LogP contribution in [0.25, 0.3) is 28.3 Å². The molecule has 0 radical (unpaired) electrons. The molecule has 4 rings (SSSR count). The fraction of sp³-hybridized carbons (Fsp3) is 0.229. The van der Waals surface area contributed by atoms with Gasteiger partial charge in [-0.25, -0.2) is 9.18 Å². The molecule has 0 aliphatic heterocycles. The number of hydrogen-bond donors (Lipinski definition) is 4. The second-order valence-electron chi connectivity index (χ2n) is 10.8. The fourth-order valence-corrected chi connectivity index (χ4v) is 5.17. The molecule has 0 fully saturated rings.